The maximum Gasteiger partial charge on any atom is 0.220 e. The number of aliphatic hydroxyl groups is 8. The third kappa shape index (κ3) is 31.5. The van der Waals surface area contributed by atoms with Crippen molar-refractivity contribution in [1.29, 1.82) is 0 Å². The first-order chi connectivity index (χ1) is 35.6. The first kappa shape index (κ1) is 67.6. The number of carbonyl (C=O) groups excluding carboxylic acids is 1. The van der Waals surface area contributed by atoms with Crippen LogP contribution in [-0.2, 0) is 23.7 Å². The summed E-state index contributed by atoms with van der Waals surface area (Å²) in [5.74, 6) is -0.239. The molecule has 2 aliphatic rings. The van der Waals surface area contributed by atoms with Crippen LogP contribution in [-0.4, -0.2) is 140 Å². The van der Waals surface area contributed by atoms with Gasteiger partial charge in [-0.15, -0.1) is 0 Å². The molecular weight excluding hydrogens is 931 g/mol. The van der Waals surface area contributed by atoms with E-state index in [1.165, 1.54) is 186 Å². The second-order valence-electron chi connectivity index (χ2n) is 21.5. The van der Waals surface area contributed by atoms with Gasteiger partial charge in [-0.3, -0.25) is 4.79 Å². The fourth-order valence-corrected chi connectivity index (χ4v) is 9.99. The van der Waals surface area contributed by atoms with Crippen molar-refractivity contribution in [3.05, 3.63) is 24.3 Å². The summed E-state index contributed by atoms with van der Waals surface area (Å²) in [5, 5.41) is 87.1. The lowest BCUT2D eigenvalue weighted by Gasteiger charge is -2.46. The average Bonchev–Trinajstić information content (AvgIpc) is 3.39. The lowest BCUT2D eigenvalue weighted by molar-refractivity contribution is -0.359. The van der Waals surface area contributed by atoms with Gasteiger partial charge in [-0.1, -0.05) is 224 Å². The molecule has 14 nitrogen and oxygen atoms in total. The molecule has 0 saturated carbocycles. The van der Waals surface area contributed by atoms with Crippen molar-refractivity contribution < 1.29 is 64.6 Å². The largest absolute Gasteiger partial charge is 0.394 e. The van der Waals surface area contributed by atoms with Gasteiger partial charge in [0.2, 0.25) is 5.91 Å². The Morgan fingerprint density at radius 2 is 0.863 bits per heavy atom. The minimum absolute atomic E-state index is 0.239. The molecule has 73 heavy (non-hydrogen) atoms. The molecule has 12 unspecified atom stereocenters. The van der Waals surface area contributed by atoms with Crippen molar-refractivity contribution >= 4 is 5.91 Å². The topological polar surface area (TPSA) is 228 Å². The molecule has 0 aromatic carbocycles. The summed E-state index contributed by atoms with van der Waals surface area (Å²) in [6.45, 7) is 2.82. The van der Waals surface area contributed by atoms with Crippen molar-refractivity contribution in [2.75, 3.05) is 19.8 Å². The number of hydrogen-bond acceptors (Lipinski definition) is 13. The monoisotopic (exact) mass is 1040 g/mol. The summed E-state index contributed by atoms with van der Waals surface area (Å²) < 4.78 is 22.8. The van der Waals surface area contributed by atoms with Gasteiger partial charge in [-0.2, -0.15) is 0 Å². The zero-order chi connectivity index (χ0) is 53.2. The molecule has 0 bridgehead atoms. The zero-order valence-corrected chi connectivity index (χ0v) is 46.1. The summed E-state index contributed by atoms with van der Waals surface area (Å²) in [4.78, 5) is 13.3. The van der Waals surface area contributed by atoms with Crippen molar-refractivity contribution in [2.24, 2.45) is 0 Å². The third-order valence-corrected chi connectivity index (χ3v) is 14.9. The Morgan fingerprint density at radius 3 is 1.30 bits per heavy atom. The summed E-state index contributed by atoms with van der Waals surface area (Å²) in [7, 11) is 0. The lowest BCUT2D eigenvalue weighted by Crippen LogP contribution is -2.65. The molecular formula is C59H111NO13. The smallest absolute Gasteiger partial charge is 0.220 e. The number of rotatable bonds is 48. The van der Waals surface area contributed by atoms with Gasteiger partial charge in [0, 0.05) is 6.42 Å². The van der Waals surface area contributed by atoms with Gasteiger partial charge in [0.1, 0.15) is 48.8 Å². The molecule has 2 rings (SSSR count). The summed E-state index contributed by atoms with van der Waals surface area (Å²) >= 11 is 0. The Kier molecular flexibility index (Phi) is 42.1. The normalized spacial score (nSPS) is 25.5. The molecule has 2 aliphatic heterocycles. The molecule has 12 atom stereocenters. The number of nitrogens with one attached hydrogen (secondary N) is 1. The van der Waals surface area contributed by atoms with Crippen molar-refractivity contribution in [3.8, 4) is 0 Å². The van der Waals surface area contributed by atoms with Gasteiger partial charge >= 0.3 is 0 Å². The van der Waals surface area contributed by atoms with E-state index in [1.54, 1.807) is 6.08 Å². The predicted octanol–water partition coefficient (Wildman–Crippen LogP) is 10.1. The summed E-state index contributed by atoms with van der Waals surface area (Å²) in [5.41, 5.74) is 0. The molecule has 0 radical (unpaired) electrons. The second-order valence-corrected chi connectivity index (χ2v) is 21.5. The first-order valence-corrected chi connectivity index (χ1v) is 30.1. The number of ether oxygens (including phenoxy) is 4. The lowest BCUT2D eigenvalue weighted by atomic mass is 9.97. The fraction of sp³-hybridized carbons (Fsp3) is 0.915. The summed E-state index contributed by atoms with van der Waals surface area (Å²) in [6, 6.07) is -0.913. The van der Waals surface area contributed by atoms with Crippen molar-refractivity contribution in [1.82, 2.24) is 5.32 Å². The molecule has 1 amide bonds. The highest BCUT2D eigenvalue weighted by atomic mass is 16.7. The van der Waals surface area contributed by atoms with Gasteiger partial charge in [0.05, 0.1) is 32.0 Å². The van der Waals surface area contributed by atoms with E-state index < -0.39 is 86.8 Å². The van der Waals surface area contributed by atoms with E-state index >= 15 is 0 Å². The van der Waals surface area contributed by atoms with Crippen LogP contribution >= 0.6 is 0 Å². The molecule has 0 aromatic heterocycles. The number of hydrogen-bond donors (Lipinski definition) is 9. The molecule has 14 heteroatoms. The Hall–Kier alpha value is -1.53. The van der Waals surface area contributed by atoms with E-state index in [9.17, 15) is 45.6 Å². The highest BCUT2D eigenvalue weighted by molar-refractivity contribution is 5.76. The van der Waals surface area contributed by atoms with E-state index in [1.807, 2.05) is 6.08 Å². The standard InChI is InChI=1S/C59H111NO13/c1-3-5-7-9-11-13-15-17-19-21-23-24-25-27-29-31-33-35-37-39-41-43-51(64)60-47(48(63)42-40-38-36-34-32-30-28-26-22-20-18-16-14-12-10-8-6-4-2)46-70-58-56(69)54(67)57(50(45-62)72-58)73-59-55(68)53(66)52(65)49(44-61)71-59/h21,23,40,42,47-50,52-59,61-63,65-69H,3-20,22,24-39,41,43-46H2,1-2H3,(H,60,64)/b23-21-,42-40+. The molecule has 9 N–H and O–H groups in total. The van der Waals surface area contributed by atoms with Crippen LogP contribution in [0.1, 0.15) is 251 Å². The van der Waals surface area contributed by atoms with Crippen LogP contribution in [0.5, 0.6) is 0 Å². The van der Waals surface area contributed by atoms with E-state index in [0.717, 1.165) is 38.5 Å². The van der Waals surface area contributed by atoms with Crippen LogP contribution in [0.15, 0.2) is 24.3 Å². The highest BCUT2D eigenvalue weighted by Crippen LogP contribution is 2.30. The highest BCUT2D eigenvalue weighted by Gasteiger charge is 2.51. The number of amides is 1. The van der Waals surface area contributed by atoms with Crippen LogP contribution in [0.2, 0.25) is 0 Å². The Balaban J connectivity index is 1.77. The third-order valence-electron chi connectivity index (χ3n) is 14.9. The van der Waals surface area contributed by atoms with Crippen LogP contribution < -0.4 is 5.32 Å². The van der Waals surface area contributed by atoms with Gasteiger partial charge in [0.25, 0.3) is 0 Å². The van der Waals surface area contributed by atoms with Crippen LogP contribution in [0, 0.1) is 0 Å². The Morgan fingerprint density at radius 1 is 0.479 bits per heavy atom. The number of carbonyl (C=O) groups is 1. The minimum Gasteiger partial charge on any atom is -0.394 e. The minimum atomic E-state index is -1.79. The average molecular weight is 1040 g/mol. The van der Waals surface area contributed by atoms with E-state index in [0.29, 0.717) is 6.42 Å². The van der Waals surface area contributed by atoms with Gasteiger partial charge in [-0.05, 0) is 44.9 Å². The Labute approximate surface area is 443 Å². The van der Waals surface area contributed by atoms with E-state index in [4.69, 9.17) is 18.9 Å². The summed E-state index contributed by atoms with van der Waals surface area (Å²) in [6.07, 6.45) is 36.4. The Bertz CT molecular complexity index is 1320. The predicted molar refractivity (Wildman–Crippen MR) is 291 cm³/mol. The number of aliphatic hydroxyl groups excluding tert-OH is 8. The molecule has 0 spiro atoms. The molecule has 2 heterocycles. The second kappa shape index (κ2) is 45.5. The molecule has 2 saturated heterocycles. The fourth-order valence-electron chi connectivity index (χ4n) is 9.99. The molecule has 2 fully saturated rings. The van der Waals surface area contributed by atoms with E-state index in [-0.39, 0.29) is 18.9 Å². The zero-order valence-electron chi connectivity index (χ0n) is 46.1. The maximum atomic E-state index is 13.3. The van der Waals surface area contributed by atoms with Gasteiger partial charge in [-0.25, -0.2) is 0 Å². The van der Waals surface area contributed by atoms with Crippen LogP contribution in [0.4, 0.5) is 0 Å². The quantitative estimate of drug-likeness (QED) is 0.0204. The van der Waals surface area contributed by atoms with Gasteiger partial charge < -0.3 is 65.1 Å². The molecule has 0 aromatic rings. The van der Waals surface area contributed by atoms with Crippen molar-refractivity contribution in [3.63, 3.8) is 0 Å². The number of unbranched alkanes of at least 4 members (excludes halogenated alkanes) is 33. The van der Waals surface area contributed by atoms with Crippen molar-refractivity contribution in [2.45, 2.75) is 325 Å². The molecule has 0 aliphatic carbocycles. The first-order valence-electron chi connectivity index (χ1n) is 30.1. The van der Waals surface area contributed by atoms with Crippen LogP contribution in [0.25, 0.3) is 0 Å². The SMILES string of the molecule is CCCCCCCCCC/C=C\CCCCCCCCCCCC(=O)NC(COC1OC(CO)C(OC2OC(CO)C(O)C(O)C2O)C(O)C1O)C(O)/C=C/CCCCCCCCCCCCCCCCCC. The van der Waals surface area contributed by atoms with Gasteiger partial charge in [0.15, 0.2) is 12.6 Å². The maximum absolute atomic E-state index is 13.3. The van der Waals surface area contributed by atoms with E-state index in [2.05, 4.69) is 31.3 Å². The number of allylic oxidation sites excluding steroid dienone is 3. The van der Waals surface area contributed by atoms with Crippen LogP contribution in [0.3, 0.4) is 0 Å². The molecule has 430 valence electrons.